The first-order chi connectivity index (χ1) is 34.2. The summed E-state index contributed by atoms with van der Waals surface area (Å²) in [5, 5.41) is 26.1. The molecule has 4 N–H and O–H groups in total. The molecule has 2 amide bonds. The van der Waals surface area contributed by atoms with Gasteiger partial charge in [-0.25, -0.2) is 18.2 Å². The first-order valence-corrected chi connectivity index (χ1v) is 26.5. The third-order valence-corrected chi connectivity index (χ3v) is 15.7. The molecule has 0 radical (unpaired) electrons. The van der Waals surface area contributed by atoms with Gasteiger partial charge in [0.1, 0.15) is 34.9 Å². The van der Waals surface area contributed by atoms with Gasteiger partial charge in [-0.15, -0.1) is 11.3 Å². The van der Waals surface area contributed by atoms with Crippen LogP contribution in [0.25, 0.3) is 16.0 Å². The number of rotatable bonds is 18. The molecule has 3 aromatic carbocycles. The van der Waals surface area contributed by atoms with Crippen molar-refractivity contribution >= 4 is 34.6 Å². The van der Waals surface area contributed by atoms with Crippen molar-refractivity contribution in [1.82, 2.24) is 35.2 Å². The summed E-state index contributed by atoms with van der Waals surface area (Å²) in [6.07, 6.45) is 2.29. The van der Waals surface area contributed by atoms with Crippen LogP contribution < -0.4 is 15.4 Å². The normalized spacial score (nSPS) is 21.4. The van der Waals surface area contributed by atoms with Gasteiger partial charge < -0.3 is 35.2 Å². The highest BCUT2D eigenvalue weighted by atomic mass is 32.1. The number of hydrogen-bond acceptors (Lipinski definition) is 10. The van der Waals surface area contributed by atoms with E-state index in [2.05, 4.69) is 37.6 Å². The van der Waals surface area contributed by atoms with E-state index in [0.29, 0.717) is 38.8 Å². The molecule has 2 saturated heterocycles. The Balaban J connectivity index is 0.764. The van der Waals surface area contributed by atoms with Crippen LogP contribution in [0.1, 0.15) is 108 Å². The molecular weight excluding hydrogens is 938 g/mol. The minimum Gasteiger partial charge on any atom is -0.493 e. The summed E-state index contributed by atoms with van der Waals surface area (Å²) in [7, 11) is 0. The van der Waals surface area contributed by atoms with Crippen LogP contribution in [0.2, 0.25) is 0 Å². The van der Waals surface area contributed by atoms with Gasteiger partial charge in [0.2, 0.25) is 11.8 Å². The second-order valence-electron chi connectivity index (χ2n) is 22.0. The maximum absolute atomic E-state index is 16.2. The second-order valence-corrected chi connectivity index (χ2v) is 22.8. The van der Waals surface area contributed by atoms with Crippen molar-refractivity contribution in [1.29, 1.82) is 5.41 Å². The minimum absolute atomic E-state index is 0.0466. The molecule has 0 spiro atoms. The number of aromatic nitrogens is 1. The van der Waals surface area contributed by atoms with Crippen LogP contribution in [0.4, 0.5) is 13.2 Å². The summed E-state index contributed by atoms with van der Waals surface area (Å²) in [5.41, 5.74) is 6.96. The first kappa shape index (κ1) is 53.2. The number of alkyl halides is 1. The van der Waals surface area contributed by atoms with Crippen molar-refractivity contribution in [2.75, 3.05) is 59.0 Å². The van der Waals surface area contributed by atoms with Crippen LogP contribution >= 0.6 is 11.3 Å². The summed E-state index contributed by atoms with van der Waals surface area (Å²) in [4.78, 5) is 40.7. The molecule has 1 aromatic heterocycles. The number of carbonyl (C=O) groups excluding carboxylic acids is 2. The van der Waals surface area contributed by atoms with Gasteiger partial charge in [0.05, 0.1) is 40.9 Å². The van der Waals surface area contributed by atoms with E-state index in [-0.39, 0.29) is 60.9 Å². The smallest absolute Gasteiger partial charge is 0.243 e. The van der Waals surface area contributed by atoms with Crippen molar-refractivity contribution in [3.63, 3.8) is 0 Å². The maximum Gasteiger partial charge on any atom is 0.243 e. The van der Waals surface area contributed by atoms with Crippen molar-refractivity contribution in [3.05, 3.63) is 111 Å². The average Bonchev–Trinajstić information content (AvgIpc) is 4.05. The zero-order valence-corrected chi connectivity index (χ0v) is 43.8. The van der Waals surface area contributed by atoms with E-state index in [1.807, 2.05) is 81.4 Å². The number of amidine groups is 1. The third-order valence-electron chi connectivity index (χ3n) is 14.7. The van der Waals surface area contributed by atoms with Crippen LogP contribution in [0.3, 0.4) is 0 Å². The molecule has 0 unspecified atom stereocenters. The molecule has 4 aliphatic rings. The standard InChI is InChI=1S/C56H73F3N8O4S/c1-35-26-43-42-13-9-8-12-39(42)27-44(43)50(67(35)33-56(6,7)59)49-45(57)29-41(30-46(49)58)71-25-11-20-65-23-21-64(22-24-65)19-10-14-48(69)63-52(55(3,4)5)53(60)66-32-40(68)28-47(66)54(70)61-31-37-15-17-38(18-16-37)51-36(2)62-34-72-51/h8-9,12-13,15-18,29-30,34-35,40,47,50,52,60,68H,10-11,14,19-28,31-33H2,1-7H3,(H,61,70)(H,63,69)/t35-,40-,47+,50+,52-/m1/s1. The summed E-state index contributed by atoms with van der Waals surface area (Å²) in [5.74, 6) is -1.57. The second kappa shape index (κ2) is 22.6. The number of halogens is 3. The molecule has 72 heavy (non-hydrogen) atoms. The number of benzene rings is 3. The van der Waals surface area contributed by atoms with Gasteiger partial charge in [-0.3, -0.25) is 19.9 Å². The van der Waals surface area contributed by atoms with E-state index >= 15 is 13.2 Å². The molecule has 12 nitrogen and oxygen atoms in total. The number of carbonyl (C=O) groups is 2. The SMILES string of the molecule is Cc1ncsc1-c1ccc(CNC(=O)[C@@H]2C[C@@H](O)CN2C(=N)[C@@H](NC(=O)CCCN2CCN(CCCOc3cc(F)c([C@@H]4C5=C(C[C@@H](C)N4CC(C)(C)F)c4ccccc4C5)c(F)c3)CC2)C(C)(C)C)cc1. The number of ether oxygens (including phenoxy) is 1. The Morgan fingerprint density at radius 2 is 1.64 bits per heavy atom. The van der Waals surface area contributed by atoms with Crippen LogP contribution in [-0.4, -0.2) is 136 Å². The van der Waals surface area contributed by atoms with Gasteiger partial charge in [-0.1, -0.05) is 69.3 Å². The number of likely N-dealkylation sites (tertiary alicyclic amines) is 1. The molecule has 16 heteroatoms. The van der Waals surface area contributed by atoms with Gasteiger partial charge >= 0.3 is 0 Å². The average molecular weight is 1010 g/mol. The van der Waals surface area contributed by atoms with Crippen molar-refractivity contribution in [3.8, 4) is 16.2 Å². The largest absolute Gasteiger partial charge is 0.493 e. The number of aryl methyl sites for hydroxylation is 1. The van der Waals surface area contributed by atoms with E-state index in [1.165, 1.54) is 26.0 Å². The predicted octanol–water partition coefficient (Wildman–Crippen LogP) is 8.72. The number of aliphatic hydroxyl groups is 1. The number of aliphatic hydroxyl groups excluding tert-OH is 1. The molecule has 1 aliphatic carbocycles. The number of β-amino-alcohol motifs (C(OH)–C–C–N with tert-alkyl or cyclic N) is 1. The Labute approximate surface area is 427 Å². The molecule has 4 aromatic rings. The van der Waals surface area contributed by atoms with Crippen LogP contribution in [-0.2, 0) is 22.6 Å². The maximum atomic E-state index is 16.2. The molecule has 2 fully saturated rings. The molecule has 0 saturated carbocycles. The minimum atomic E-state index is -1.56. The molecule has 4 heterocycles. The predicted molar refractivity (Wildman–Crippen MR) is 279 cm³/mol. The fourth-order valence-electron chi connectivity index (χ4n) is 11.0. The lowest BCUT2D eigenvalue weighted by Gasteiger charge is -2.44. The molecule has 5 atom stereocenters. The number of piperazine rings is 1. The Morgan fingerprint density at radius 1 is 0.972 bits per heavy atom. The first-order valence-electron chi connectivity index (χ1n) is 25.6. The Bertz CT molecular complexity index is 2580. The molecule has 0 bridgehead atoms. The van der Waals surface area contributed by atoms with Crippen LogP contribution in [0.5, 0.6) is 5.75 Å². The Kier molecular flexibility index (Phi) is 16.7. The van der Waals surface area contributed by atoms with Gasteiger partial charge in [0.15, 0.2) is 0 Å². The van der Waals surface area contributed by atoms with E-state index in [1.54, 1.807) is 16.2 Å². The highest BCUT2D eigenvalue weighted by molar-refractivity contribution is 7.13. The summed E-state index contributed by atoms with van der Waals surface area (Å²) < 4.78 is 53.6. The lowest BCUT2D eigenvalue weighted by molar-refractivity contribution is -0.124. The van der Waals surface area contributed by atoms with E-state index < -0.39 is 46.9 Å². The van der Waals surface area contributed by atoms with Crippen LogP contribution in [0.15, 0.2) is 71.7 Å². The highest BCUT2D eigenvalue weighted by Crippen LogP contribution is 2.50. The summed E-state index contributed by atoms with van der Waals surface area (Å²) in [6, 6.07) is 16.4. The zero-order chi connectivity index (χ0) is 51.5. The summed E-state index contributed by atoms with van der Waals surface area (Å²) in [6.45, 7) is 18.5. The molecule has 388 valence electrons. The number of nitrogens with zero attached hydrogens (tertiary/aromatic N) is 5. The number of thiazole rings is 1. The number of nitrogens with one attached hydrogen (secondary N) is 3. The topological polar surface area (TPSA) is 137 Å². The molecule has 8 rings (SSSR count). The third kappa shape index (κ3) is 12.6. The molecule has 3 aliphatic heterocycles. The van der Waals surface area contributed by atoms with Crippen LogP contribution in [0, 0.1) is 29.4 Å². The highest BCUT2D eigenvalue weighted by Gasteiger charge is 2.44. The number of fused-ring (bicyclic) bond motifs is 2. The van der Waals surface area contributed by atoms with Crippen molar-refractivity contribution in [2.24, 2.45) is 5.41 Å². The molecular formula is C56H73F3N8O4S. The fraction of sp³-hybridized carbons (Fsp3) is 0.536. The van der Waals surface area contributed by atoms with E-state index in [0.717, 1.165) is 83.2 Å². The number of amides is 2. The Morgan fingerprint density at radius 3 is 2.28 bits per heavy atom. The lowest BCUT2D eigenvalue weighted by atomic mass is 9.84. The fourth-order valence-corrected chi connectivity index (χ4v) is 11.8. The quantitative estimate of drug-likeness (QED) is 0.0439. The zero-order valence-electron chi connectivity index (χ0n) is 43.0. The number of hydrogen-bond donors (Lipinski definition) is 4. The monoisotopic (exact) mass is 1010 g/mol. The van der Waals surface area contributed by atoms with Gasteiger partial charge in [-0.05, 0) is 98.7 Å². The van der Waals surface area contributed by atoms with Gasteiger partial charge in [-0.2, -0.15) is 0 Å². The Hall–Kier alpha value is -5.13. The van der Waals surface area contributed by atoms with E-state index in [9.17, 15) is 20.1 Å². The lowest BCUT2D eigenvalue weighted by Crippen LogP contribution is -2.57. The van der Waals surface area contributed by atoms with Crippen molar-refractivity contribution < 1.29 is 32.6 Å². The van der Waals surface area contributed by atoms with Gasteiger partial charge in [0, 0.05) is 88.9 Å². The van der Waals surface area contributed by atoms with E-state index in [4.69, 9.17) is 4.74 Å². The summed E-state index contributed by atoms with van der Waals surface area (Å²) >= 11 is 1.59. The van der Waals surface area contributed by atoms with Crippen molar-refractivity contribution in [2.45, 2.75) is 129 Å². The van der Waals surface area contributed by atoms with Gasteiger partial charge in [0.25, 0.3) is 0 Å².